The molecule has 0 saturated carbocycles. The Hall–Kier alpha value is -2.28. The number of amides is 1. The lowest BCUT2D eigenvalue weighted by molar-refractivity contribution is -0.385. The molecule has 1 aromatic carbocycles. The average Bonchev–Trinajstić information content (AvgIpc) is 2.38. The molecule has 0 spiro atoms. The van der Waals surface area contributed by atoms with E-state index < -0.39 is 10.8 Å². The van der Waals surface area contributed by atoms with Crippen molar-refractivity contribution >= 4 is 33.2 Å². The minimum atomic E-state index is -0.547. The summed E-state index contributed by atoms with van der Waals surface area (Å²) in [4.78, 5) is 26.4. The van der Waals surface area contributed by atoms with Crippen LogP contribution in [-0.4, -0.2) is 15.8 Å². The lowest BCUT2D eigenvalue weighted by Crippen LogP contribution is -2.13. The number of halogens is 1. The number of hydrogen-bond acceptors (Lipinski definition) is 4. The average molecular weight is 336 g/mol. The van der Waals surface area contributed by atoms with Crippen LogP contribution in [-0.2, 0) is 0 Å². The first-order chi connectivity index (χ1) is 9.49. The predicted octanol–water partition coefficient (Wildman–Crippen LogP) is 3.31. The van der Waals surface area contributed by atoms with Crippen LogP contribution in [0.4, 0.5) is 11.4 Å². The Morgan fingerprint density at radius 1 is 1.40 bits per heavy atom. The van der Waals surface area contributed by atoms with Gasteiger partial charge in [-0.2, -0.15) is 0 Å². The van der Waals surface area contributed by atoms with Crippen LogP contribution in [0.1, 0.15) is 15.9 Å². The Kier molecular flexibility index (Phi) is 4.09. The largest absolute Gasteiger partial charge is 0.321 e. The van der Waals surface area contributed by atoms with E-state index in [1.165, 1.54) is 24.4 Å². The van der Waals surface area contributed by atoms with Gasteiger partial charge in [-0.25, -0.2) is 0 Å². The van der Waals surface area contributed by atoms with E-state index in [9.17, 15) is 14.9 Å². The summed E-state index contributed by atoms with van der Waals surface area (Å²) in [6, 6.07) is 6.06. The fraction of sp³-hybridized carbons (Fsp3) is 0.0769. The van der Waals surface area contributed by atoms with Gasteiger partial charge in [0.2, 0.25) is 0 Å². The topological polar surface area (TPSA) is 85.1 Å². The smallest absolute Gasteiger partial charge is 0.284 e. The summed E-state index contributed by atoms with van der Waals surface area (Å²) in [6.07, 6.45) is 3.18. The van der Waals surface area contributed by atoms with Crippen LogP contribution in [0.3, 0.4) is 0 Å². The molecule has 1 N–H and O–H groups in total. The van der Waals surface area contributed by atoms with Crippen molar-refractivity contribution < 1.29 is 9.72 Å². The molecule has 2 rings (SSSR count). The zero-order valence-electron chi connectivity index (χ0n) is 10.5. The summed E-state index contributed by atoms with van der Waals surface area (Å²) in [5.41, 5.74) is 1.48. The molecule has 2 aromatic rings. The maximum absolute atomic E-state index is 12.1. The third-order valence-electron chi connectivity index (χ3n) is 2.55. The number of nitrogens with zero attached hydrogens (tertiary/aromatic N) is 2. The highest BCUT2D eigenvalue weighted by molar-refractivity contribution is 9.10. The third kappa shape index (κ3) is 3.00. The van der Waals surface area contributed by atoms with Crippen molar-refractivity contribution in [3.05, 3.63) is 62.4 Å². The van der Waals surface area contributed by atoms with Gasteiger partial charge >= 0.3 is 0 Å². The maximum atomic E-state index is 12.1. The SMILES string of the molecule is Cc1cncc(NC(=O)c2cccc([N+](=O)[O-])c2Br)c1. The van der Waals surface area contributed by atoms with Gasteiger partial charge in [-0.1, -0.05) is 6.07 Å². The van der Waals surface area contributed by atoms with Crippen LogP contribution < -0.4 is 5.32 Å². The van der Waals surface area contributed by atoms with E-state index in [0.29, 0.717) is 5.69 Å². The van der Waals surface area contributed by atoms with Gasteiger partial charge in [-0.05, 0) is 40.5 Å². The van der Waals surface area contributed by atoms with Crippen molar-refractivity contribution in [2.45, 2.75) is 6.92 Å². The van der Waals surface area contributed by atoms with Crippen molar-refractivity contribution in [1.82, 2.24) is 4.98 Å². The number of nitro groups is 1. The molecule has 0 aliphatic heterocycles. The van der Waals surface area contributed by atoms with Crippen molar-refractivity contribution in [2.75, 3.05) is 5.32 Å². The molecule has 7 heteroatoms. The summed E-state index contributed by atoms with van der Waals surface area (Å²) in [7, 11) is 0. The molecule has 0 aliphatic carbocycles. The van der Waals surface area contributed by atoms with Crippen molar-refractivity contribution in [3.63, 3.8) is 0 Å². The Bertz CT molecular complexity index is 688. The van der Waals surface area contributed by atoms with Crippen molar-refractivity contribution in [2.24, 2.45) is 0 Å². The van der Waals surface area contributed by atoms with Crippen LogP contribution in [0.5, 0.6) is 0 Å². The summed E-state index contributed by atoms with van der Waals surface area (Å²) < 4.78 is 0.156. The minimum Gasteiger partial charge on any atom is -0.321 e. The zero-order valence-corrected chi connectivity index (χ0v) is 12.0. The quantitative estimate of drug-likeness (QED) is 0.688. The van der Waals surface area contributed by atoms with Crippen LogP contribution in [0, 0.1) is 17.0 Å². The molecule has 0 fully saturated rings. The standard InChI is InChI=1S/C13H10BrN3O3/c1-8-5-9(7-15-6-8)16-13(18)10-3-2-4-11(12(10)14)17(19)20/h2-7H,1H3,(H,16,18). The van der Waals surface area contributed by atoms with E-state index in [0.717, 1.165) is 5.56 Å². The highest BCUT2D eigenvalue weighted by Crippen LogP contribution is 2.28. The summed E-state index contributed by atoms with van der Waals surface area (Å²) in [5, 5.41) is 13.5. The number of anilines is 1. The normalized spacial score (nSPS) is 10.1. The molecule has 102 valence electrons. The number of nitro benzene ring substituents is 1. The second kappa shape index (κ2) is 5.79. The molecular formula is C13H10BrN3O3. The predicted molar refractivity (Wildman–Crippen MR) is 77.7 cm³/mol. The van der Waals surface area contributed by atoms with Gasteiger partial charge in [0.15, 0.2) is 0 Å². The molecule has 6 nitrogen and oxygen atoms in total. The second-order valence-corrected chi connectivity index (χ2v) is 4.89. The highest BCUT2D eigenvalue weighted by atomic mass is 79.9. The van der Waals surface area contributed by atoms with Crippen LogP contribution in [0.25, 0.3) is 0 Å². The molecule has 0 unspecified atom stereocenters. The molecule has 1 aromatic heterocycles. The lowest BCUT2D eigenvalue weighted by Gasteiger charge is -2.07. The molecule has 0 atom stereocenters. The van der Waals surface area contributed by atoms with Gasteiger partial charge in [0.25, 0.3) is 11.6 Å². The highest BCUT2D eigenvalue weighted by Gasteiger charge is 2.19. The number of pyridine rings is 1. The van der Waals surface area contributed by atoms with Gasteiger partial charge < -0.3 is 5.32 Å². The lowest BCUT2D eigenvalue weighted by atomic mass is 10.2. The zero-order chi connectivity index (χ0) is 14.7. The van der Waals surface area contributed by atoms with Crippen LogP contribution in [0.15, 0.2) is 41.1 Å². The molecule has 1 amide bonds. The van der Waals surface area contributed by atoms with Gasteiger partial charge in [0, 0.05) is 12.3 Å². The Morgan fingerprint density at radius 3 is 2.80 bits per heavy atom. The summed E-state index contributed by atoms with van der Waals surface area (Å²) in [6.45, 7) is 1.85. The number of carbonyl (C=O) groups excluding carboxylic acids is 1. The number of rotatable bonds is 3. The first-order valence-corrected chi connectivity index (χ1v) is 6.44. The van der Waals surface area contributed by atoms with Gasteiger partial charge in [0.1, 0.15) is 4.47 Å². The Labute approximate surface area is 123 Å². The second-order valence-electron chi connectivity index (χ2n) is 4.10. The minimum absolute atomic E-state index is 0.153. The number of aromatic nitrogens is 1. The molecule has 0 aliphatic rings. The third-order valence-corrected chi connectivity index (χ3v) is 3.39. The van der Waals surface area contributed by atoms with Crippen molar-refractivity contribution in [3.8, 4) is 0 Å². The van der Waals surface area contributed by atoms with E-state index in [-0.39, 0.29) is 15.7 Å². The van der Waals surface area contributed by atoms with E-state index in [2.05, 4.69) is 26.2 Å². The summed E-state index contributed by atoms with van der Waals surface area (Å²) in [5.74, 6) is -0.437. The molecule has 1 heterocycles. The van der Waals surface area contributed by atoms with Crippen LogP contribution in [0.2, 0.25) is 0 Å². The van der Waals surface area contributed by atoms with Gasteiger partial charge in [0.05, 0.1) is 22.4 Å². The number of carbonyl (C=O) groups is 1. The van der Waals surface area contributed by atoms with Crippen molar-refractivity contribution in [1.29, 1.82) is 0 Å². The number of aryl methyl sites for hydroxylation is 1. The number of hydrogen-bond donors (Lipinski definition) is 1. The first kappa shape index (κ1) is 14.1. The van der Waals surface area contributed by atoms with E-state index in [1.54, 1.807) is 12.3 Å². The van der Waals surface area contributed by atoms with Gasteiger partial charge in [-0.3, -0.25) is 19.9 Å². The van der Waals surface area contributed by atoms with E-state index in [1.807, 2.05) is 6.92 Å². The Morgan fingerprint density at radius 2 is 2.15 bits per heavy atom. The summed E-state index contributed by atoms with van der Waals surface area (Å²) >= 11 is 3.09. The van der Waals surface area contributed by atoms with E-state index in [4.69, 9.17) is 0 Å². The molecule has 0 bridgehead atoms. The van der Waals surface area contributed by atoms with Crippen LogP contribution >= 0.6 is 15.9 Å². The molecule has 20 heavy (non-hydrogen) atoms. The molecular weight excluding hydrogens is 326 g/mol. The molecule has 0 saturated heterocycles. The maximum Gasteiger partial charge on any atom is 0.284 e. The monoisotopic (exact) mass is 335 g/mol. The van der Waals surface area contributed by atoms with E-state index >= 15 is 0 Å². The number of nitrogens with one attached hydrogen (secondary N) is 1. The number of benzene rings is 1. The fourth-order valence-electron chi connectivity index (χ4n) is 1.66. The molecule has 0 radical (unpaired) electrons. The first-order valence-electron chi connectivity index (χ1n) is 5.65. The fourth-order valence-corrected chi connectivity index (χ4v) is 2.25. The van der Waals surface area contributed by atoms with Gasteiger partial charge in [-0.15, -0.1) is 0 Å². The Balaban J connectivity index is 2.30.